The lowest BCUT2D eigenvalue weighted by Gasteiger charge is -2.06. The minimum Gasteiger partial charge on any atom is -0.243 e. The Morgan fingerprint density at radius 1 is 0.941 bits per heavy atom. The maximum Gasteiger partial charge on any atom is 0.105 e. The Kier molecular flexibility index (Phi) is 2.76. The number of benzene rings is 2. The molecule has 0 aliphatic carbocycles. The molecule has 2 aromatic carbocycles. The second kappa shape index (κ2) is 4.27. The molecule has 3 aromatic rings. The molecule has 3 rings (SSSR count). The number of hydrogen-bond donors (Lipinski definition) is 0. The van der Waals surface area contributed by atoms with Crippen LogP contribution in [0.4, 0.5) is 0 Å². The summed E-state index contributed by atoms with van der Waals surface area (Å²) >= 11 is 5.23. The molecule has 0 atom stereocenters. The minimum absolute atomic E-state index is 0.926. The standard InChI is InChI=1S/C13H9BrN2S/c1-17-11-7-6-8(14)12-13(11)16-10-5-3-2-4-9(10)15-12/h2-7H,1H3. The van der Waals surface area contributed by atoms with Gasteiger partial charge in [0.15, 0.2) is 0 Å². The van der Waals surface area contributed by atoms with E-state index in [0.29, 0.717) is 0 Å². The van der Waals surface area contributed by atoms with Gasteiger partial charge in [0.2, 0.25) is 0 Å². The largest absolute Gasteiger partial charge is 0.243 e. The van der Waals surface area contributed by atoms with Crippen LogP contribution in [-0.4, -0.2) is 16.2 Å². The van der Waals surface area contributed by atoms with Crippen molar-refractivity contribution in [2.24, 2.45) is 0 Å². The molecule has 0 amide bonds. The van der Waals surface area contributed by atoms with Crippen LogP contribution in [0.1, 0.15) is 0 Å². The number of aromatic nitrogens is 2. The molecule has 4 heteroatoms. The molecule has 0 aliphatic rings. The lowest BCUT2D eigenvalue weighted by atomic mass is 10.2. The van der Waals surface area contributed by atoms with Crippen LogP contribution in [0.15, 0.2) is 45.8 Å². The van der Waals surface area contributed by atoms with E-state index < -0.39 is 0 Å². The summed E-state index contributed by atoms with van der Waals surface area (Å²) in [6, 6.07) is 12.0. The highest BCUT2D eigenvalue weighted by molar-refractivity contribution is 9.10. The molecule has 1 aromatic heterocycles. The molecule has 0 saturated heterocycles. The first kappa shape index (κ1) is 11.0. The van der Waals surface area contributed by atoms with Crippen LogP contribution in [-0.2, 0) is 0 Å². The molecule has 0 fully saturated rings. The van der Waals surface area contributed by atoms with Crippen LogP contribution >= 0.6 is 27.7 Å². The smallest absolute Gasteiger partial charge is 0.105 e. The van der Waals surface area contributed by atoms with Crippen molar-refractivity contribution < 1.29 is 0 Å². The second-order valence-corrected chi connectivity index (χ2v) is 5.36. The van der Waals surface area contributed by atoms with E-state index in [1.165, 1.54) is 0 Å². The van der Waals surface area contributed by atoms with Crippen molar-refractivity contribution in [3.05, 3.63) is 40.9 Å². The third-order valence-electron chi connectivity index (χ3n) is 2.63. The minimum atomic E-state index is 0.926. The van der Waals surface area contributed by atoms with Gasteiger partial charge in [-0.3, -0.25) is 0 Å². The highest BCUT2D eigenvalue weighted by Gasteiger charge is 2.08. The topological polar surface area (TPSA) is 25.8 Å². The Hall–Kier alpha value is -1.13. The third-order valence-corrected chi connectivity index (χ3v) is 4.04. The van der Waals surface area contributed by atoms with Gasteiger partial charge in [-0.15, -0.1) is 11.8 Å². The SMILES string of the molecule is CSc1ccc(Br)c2nc3ccccc3nc12. The molecule has 2 nitrogen and oxygen atoms in total. The molecule has 0 saturated carbocycles. The number of rotatable bonds is 1. The Balaban J connectivity index is 2.50. The first-order valence-electron chi connectivity index (χ1n) is 5.18. The summed E-state index contributed by atoms with van der Waals surface area (Å²) in [5.74, 6) is 0. The van der Waals surface area contributed by atoms with E-state index in [-0.39, 0.29) is 0 Å². The summed E-state index contributed by atoms with van der Waals surface area (Å²) in [7, 11) is 0. The Morgan fingerprint density at radius 3 is 2.24 bits per heavy atom. The van der Waals surface area contributed by atoms with Crippen LogP contribution in [0, 0.1) is 0 Å². The van der Waals surface area contributed by atoms with Crippen LogP contribution in [0.3, 0.4) is 0 Å². The molecule has 0 spiro atoms. The van der Waals surface area contributed by atoms with Crippen molar-refractivity contribution in [2.45, 2.75) is 4.90 Å². The molecule has 1 heterocycles. The highest BCUT2D eigenvalue weighted by Crippen LogP contribution is 2.30. The molecule has 84 valence electrons. The maximum atomic E-state index is 4.70. The summed E-state index contributed by atoms with van der Waals surface area (Å²) in [5, 5.41) is 0. The maximum absolute atomic E-state index is 4.70. The molecular formula is C13H9BrN2S. The van der Waals surface area contributed by atoms with E-state index in [1.807, 2.05) is 30.3 Å². The Labute approximate surface area is 112 Å². The summed E-state index contributed by atoms with van der Waals surface area (Å²) in [6.07, 6.45) is 2.06. The molecule has 0 unspecified atom stereocenters. The number of hydrogen-bond acceptors (Lipinski definition) is 3. The van der Waals surface area contributed by atoms with Gasteiger partial charge in [-0.05, 0) is 46.5 Å². The number of nitrogens with zero attached hydrogens (tertiary/aromatic N) is 2. The van der Waals surface area contributed by atoms with Crippen molar-refractivity contribution >= 4 is 49.8 Å². The van der Waals surface area contributed by atoms with Crippen molar-refractivity contribution in [3.63, 3.8) is 0 Å². The van der Waals surface area contributed by atoms with Crippen LogP contribution < -0.4 is 0 Å². The van der Waals surface area contributed by atoms with E-state index in [0.717, 1.165) is 31.4 Å². The average molecular weight is 305 g/mol. The monoisotopic (exact) mass is 304 g/mol. The third kappa shape index (κ3) is 1.81. The van der Waals surface area contributed by atoms with Gasteiger partial charge in [0, 0.05) is 9.37 Å². The van der Waals surface area contributed by atoms with Gasteiger partial charge in [0.05, 0.1) is 11.0 Å². The molecular weight excluding hydrogens is 296 g/mol. The van der Waals surface area contributed by atoms with E-state index in [1.54, 1.807) is 11.8 Å². The normalized spacial score (nSPS) is 11.2. The zero-order valence-corrected chi connectivity index (χ0v) is 11.5. The first-order chi connectivity index (χ1) is 8.29. The lowest BCUT2D eigenvalue weighted by molar-refractivity contribution is 1.33. The van der Waals surface area contributed by atoms with E-state index in [2.05, 4.69) is 33.2 Å². The average Bonchev–Trinajstić information content (AvgIpc) is 2.38. The van der Waals surface area contributed by atoms with Crippen molar-refractivity contribution in [2.75, 3.05) is 6.26 Å². The molecule has 0 bridgehead atoms. The molecule has 0 radical (unpaired) electrons. The predicted octanol–water partition coefficient (Wildman–Crippen LogP) is 4.27. The molecule has 17 heavy (non-hydrogen) atoms. The lowest BCUT2D eigenvalue weighted by Crippen LogP contribution is -1.90. The van der Waals surface area contributed by atoms with Gasteiger partial charge >= 0.3 is 0 Å². The van der Waals surface area contributed by atoms with Crippen LogP contribution in [0.5, 0.6) is 0 Å². The summed E-state index contributed by atoms with van der Waals surface area (Å²) in [6.45, 7) is 0. The first-order valence-corrected chi connectivity index (χ1v) is 7.20. The van der Waals surface area contributed by atoms with Gasteiger partial charge in [0.25, 0.3) is 0 Å². The zero-order valence-electron chi connectivity index (χ0n) is 9.14. The second-order valence-electron chi connectivity index (χ2n) is 3.66. The number of thioether (sulfide) groups is 1. The van der Waals surface area contributed by atoms with Gasteiger partial charge < -0.3 is 0 Å². The predicted molar refractivity (Wildman–Crippen MR) is 76.5 cm³/mol. The van der Waals surface area contributed by atoms with Crippen LogP contribution in [0.2, 0.25) is 0 Å². The van der Waals surface area contributed by atoms with Crippen molar-refractivity contribution in [1.29, 1.82) is 0 Å². The van der Waals surface area contributed by atoms with Gasteiger partial charge in [0.1, 0.15) is 11.0 Å². The van der Waals surface area contributed by atoms with Crippen molar-refractivity contribution in [3.8, 4) is 0 Å². The van der Waals surface area contributed by atoms with Gasteiger partial charge in [-0.2, -0.15) is 0 Å². The van der Waals surface area contributed by atoms with Crippen LogP contribution in [0.25, 0.3) is 22.1 Å². The number of fused-ring (bicyclic) bond motifs is 2. The van der Waals surface area contributed by atoms with Gasteiger partial charge in [-0.25, -0.2) is 9.97 Å². The zero-order chi connectivity index (χ0) is 11.8. The Bertz CT molecular complexity index is 712. The highest BCUT2D eigenvalue weighted by atomic mass is 79.9. The van der Waals surface area contributed by atoms with Crippen molar-refractivity contribution in [1.82, 2.24) is 9.97 Å². The van der Waals surface area contributed by atoms with Gasteiger partial charge in [-0.1, -0.05) is 12.1 Å². The quantitative estimate of drug-likeness (QED) is 0.496. The fourth-order valence-electron chi connectivity index (χ4n) is 1.81. The molecule has 0 N–H and O–H groups in total. The summed E-state index contributed by atoms with van der Waals surface area (Å²) in [5.41, 5.74) is 3.76. The number of halogens is 1. The Morgan fingerprint density at radius 2 is 1.59 bits per heavy atom. The fraction of sp³-hybridized carbons (Fsp3) is 0.0769. The summed E-state index contributed by atoms with van der Waals surface area (Å²) in [4.78, 5) is 10.5. The number of para-hydroxylation sites is 2. The fourth-order valence-corrected chi connectivity index (χ4v) is 2.76. The van der Waals surface area contributed by atoms with E-state index in [9.17, 15) is 0 Å². The van der Waals surface area contributed by atoms with E-state index in [4.69, 9.17) is 4.98 Å². The summed E-state index contributed by atoms with van der Waals surface area (Å²) < 4.78 is 0.989. The van der Waals surface area contributed by atoms with E-state index >= 15 is 0 Å². The molecule has 0 aliphatic heterocycles.